The maximum absolute atomic E-state index is 12.8. The Kier molecular flexibility index (Phi) is 4.77. The number of carbonyl (C=O) groups is 2. The van der Waals surface area contributed by atoms with Gasteiger partial charge in [0, 0.05) is 6.04 Å². The maximum Gasteiger partial charge on any atom is 0.347 e. The van der Waals surface area contributed by atoms with Crippen LogP contribution in [0, 0.1) is 5.82 Å². The molecule has 2 rings (SSSR count). The Labute approximate surface area is 122 Å². The van der Waals surface area contributed by atoms with E-state index in [0.29, 0.717) is 5.75 Å². The number of esters is 1. The summed E-state index contributed by atoms with van der Waals surface area (Å²) in [7, 11) is 0. The van der Waals surface area contributed by atoms with Gasteiger partial charge in [-0.1, -0.05) is 0 Å². The van der Waals surface area contributed by atoms with Gasteiger partial charge < -0.3 is 14.8 Å². The van der Waals surface area contributed by atoms with Crippen LogP contribution in [0.2, 0.25) is 0 Å². The molecular weight excluding hydrogens is 277 g/mol. The number of amides is 1. The van der Waals surface area contributed by atoms with Gasteiger partial charge >= 0.3 is 5.97 Å². The Balaban J connectivity index is 1.80. The Hall–Kier alpha value is -2.11. The van der Waals surface area contributed by atoms with Crippen LogP contribution in [0.4, 0.5) is 4.39 Å². The number of rotatable bonds is 6. The summed E-state index contributed by atoms with van der Waals surface area (Å²) in [6.45, 7) is 3.03. The summed E-state index contributed by atoms with van der Waals surface area (Å²) in [4.78, 5) is 23.5. The summed E-state index contributed by atoms with van der Waals surface area (Å²) >= 11 is 0. The topological polar surface area (TPSA) is 64.6 Å². The summed E-state index contributed by atoms with van der Waals surface area (Å²) in [6, 6.07) is 5.52. The molecule has 2 atom stereocenters. The number of ether oxygens (including phenoxy) is 2. The molecule has 114 valence electrons. The number of carbonyl (C=O) groups excluding carboxylic acids is 2. The minimum atomic E-state index is -0.883. The first-order chi connectivity index (χ1) is 9.95. The molecule has 0 aromatic heterocycles. The van der Waals surface area contributed by atoms with Crippen LogP contribution >= 0.6 is 0 Å². The minimum absolute atomic E-state index is 0.214. The molecule has 1 saturated carbocycles. The summed E-state index contributed by atoms with van der Waals surface area (Å²) in [5.41, 5.74) is 0. The van der Waals surface area contributed by atoms with Gasteiger partial charge in [0.05, 0.1) is 0 Å². The standard InChI is InChI=1S/C15H18FNO4/c1-9(14(18)17-12-5-6-12)21-15(19)10(2)20-13-7-3-11(16)4-8-13/h3-4,7-10,12H,5-6H2,1-2H3,(H,17,18)/t9-,10+/m1/s1. The zero-order valence-electron chi connectivity index (χ0n) is 12.0. The van der Waals surface area contributed by atoms with Crippen molar-refractivity contribution in [3.63, 3.8) is 0 Å². The van der Waals surface area contributed by atoms with Crippen LogP contribution < -0.4 is 10.1 Å². The summed E-state index contributed by atoms with van der Waals surface area (Å²) in [6.07, 6.45) is 0.191. The lowest BCUT2D eigenvalue weighted by atomic mass is 10.3. The molecule has 1 fully saturated rings. The SMILES string of the molecule is C[C@H](Oc1ccc(F)cc1)C(=O)O[C@H](C)C(=O)NC1CC1. The smallest absolute Gasteiger partial charge is 0.347 e. The fourth-order valence-corrected chi connectivity index (χ4v) is 1.64. The van der Waals surface area contributed by atoms with E-state index in [4.69, 9.17) is 9.47 Å². The van der Waals surface area contributed by atoms with E-state index in [1.807, 2.05) is 0 Å². The van der Waals surface area contributed by atoms with Crippen LogP contribution in [0.1, 0.15) is 26.7 Å². The monoisotopic (exact) mass is 295 g/mol. The number of benzene rings is 1. The number of hydrogen-bond acceptors (Lipinski definition) is 4. The zero-order chi connectivity index (χ0) is 15.4. The van der Waals surface area contributed by atoms with Crippen molar-refractivity contribution in [3.8, 4) is 5.75 Å². The van der Waals surface area contributed by atoms with Gasteiger partial charge in [0.25, 0.3) is 5.91 Å². The average Bonchev–Trinajstić information content (AvgIpc) is 3.25. The first kappa shape index (κ1) is 15.3. The first-order valence-electron chi connectivity index (χ1n) is 6.89. The number of nitrogens with one attached hydrogen (secondary N) is 1. The van der Waals surface area contributed by atoms with Crippen molar-refractivity contribution in [1.82, 2.24) is 5.32 Å². The Bertz CT molecular complexity index is 513. The fraction of sp³-hybridized carbons (Fsp3) is 0.467. The van der Waals surface area contributed by atoms with E-state index >= 15 is 0 Å². The van der Waals surface area contributed by atoms with Crippen molar-refractivity contribution < 1.29 is 23.5 Å². The lowest BCUT2D eigenvalue weighted by Gasteiger charge is -2.17. The third-order valence-corrected chi connectivity index (χ3v) is 3.04. The van der Waals surface area contributed by atoms with E-state index in [0.717, 1.165) is 12.8 Å². The normalized spacial score (nSPS) is 16.7. The molecular formula is C15H18FNO4. The van der Waals surface area contributed by atoms with Gasteiger partial charge in [0.15, 0.2) is 12.2 Å². The largest absolute Gasteiger partial charge is 0.479 e. The van der Waals surface area contributed by atoms with Gasteiger partial charge in [-0.2, -0.15) is 0 Å². The van der Waals surface area contributed by atoms with E-state index in [1.54, 1.807) is 0 Å². The molecule has 0 bridgehead atoms. The van der Waals surface area contributed by atoms with Gasteiger partial charge in [0.1, 0.15) is 11.6 Å². The molecule has 0 unspecified atom stereocenters. The molecule has 21 heavy (non-hydrogen) atoms. The van der Waals surface area contributed by atoms with Gasteiger partial charge in [-0.25, -0.2) is 9.18 Å². The van der Waals surface area contributed by atoms with Crippen LogP contribution in [0.5, 0.6) is 5.75 Å². The molecule has 5 nitrogen and oxygen atoms in total. The van der Waals surface area contributed by atoms with Gasteiger partial charge in [-0.15, -0.1) is 0 Å². The molecule has 6 heteroatoms. The second-order valence-electron chi connectivity index (χ2n) is 5.08. The highest BCUT2D eigenvalue weighted by Gasteiger charge is 2.28. The third kappa shape index (κ3) is 4.73. The summed E-state index contributed by atoms with van der Waals surface area (Å²) in [5.74, 6) is -0.975. The van der Waals surface area contributed by atoms with Crippen molar-refractivity contribution in [2.24, 2.45) is 0 Å². The molecule has 0 heterocycles. The molecule has 0 spiro atoms. The highest BCUT2D eigenvalue weighted by atomic mass is 19.1. The van der Waals surface area contributed by atoms with Gasteiger partial charge in [0.2, 0.25) is 0 Å². The maximum atomic E-state index is 12.8. The van der Waals surface area contributed by atoms with Crippen molar-refractivity contribution in [2.75, 3.05) is 0 Å². The summed E-state index contributed by atoms with van der Waals surface area (Å²) in [5, 5.41) is 2.76. The Morgan fingerprint density at radius 3 is 2.38 bits per heavy atom. The number of halogens is 1. The van der Waals surface area contributed by atoms with Crippen LogP contribution in [-0.2, 0) is 14.3 Å². The molecule has 0 saturated heterocycles. The lowest BCUT2D eigenvalue weighted by Crippen LogP contribution is -2.39. The van der Waals surface area contributed by atoms with Crippen LogP contribution in [0.3, 0.4) is 0 Å². The average molecular weight is 295 g/mol. The van der Waals surface area contributed by atoms with Gasteiger partial charge in [-0.3, -0.25) is 4.79 Å². The Morgan fingerprint density at radius 1 is 1.19 bits per heavy atom. The fourth-order valence-electron chi connectivity index (χ4n) is 1.64. The second-order valence-corrected chi connectivity index (χ2v) is 5.08. The van der Waals surface area contributed by atoms with E-state index in [1.165, 1.54) is 38.1 Å². The van der Waals surface area contributed by atoms with E-state index in [-0.39, 0.29) is 17.8 Å². The quantitative estimate of drug-likeness (QED) is 0.813. The van der Waals surface area contributed by atoms with Gasteiger partial charge in [-0.05, 0) is 51.0 Å². The molecule has 1 aliphatic carbocycles. The number of hydrogen-bond donors (Lipinski definition) is 1. The third-order valence-electron chi connectivity index (χ3n) is 3.04. The van der Waals surface area contributed by atoms with E-state index < -0.39 is 18.2 Å². The van der Waals surface area contributed by atoms with Crippen LogP contribution in [-0.4, -0.2) is 30.1 Å². The van der Waals surface area contributed by atoms with Crippen LogP contribution in [0.25, 0.3) is 0 Å². The van der Waals surface area contributed by atoms with Crippen molar-refractivity contribution in [3.05, 3.63) is 30.1 Å². The van der Waals surface area contributed by atoms with E-state index in [9.17, 15) is 14.0 Å². The van der Waals surface area contributed by atoms with Crippen molar-refractivity contribution >= 4 is 11.9 Å². The second kappa shape index (κ2) is 6.56. The minimum Gasteiger partial charge on any atom is -0.479 e. The molecule has 0 aliphatic heterocycles. The molecule has 1 aliphatic rings. The molecule has 1 N–H and O–H groups in total. The highest BCUT2D eigenvalue weighted by Crippen LogP contribution is 2.19. The Morgan fingerprint density at radius 2 is 1.81 bits per heavy atom. The predicted octanol–water partition coefficient (Wildman–Crippen LogP) is 1.80. The lowest BCUT2D eigenvalue weighted by molar-refractivity contribution is -0.160. The van der Waals surface area contributed by atoms with Crippen molar-refractivity contribution in [1.29, 1.82) is 0 Å². The first-order valence-corrected chi connectivity index (χ1v) is 6.89. The zero-order valence-corrected chi connectivity index (χ0v) is 12.0. The summed E-state index contributed by atoms with van der Waals surface area (Å²) < 4.78 is 23.1. The highest BCUT2D eigenvalue weighted by molar-refractivity contribution is 5.84. The molecule has 1 aromatic rings. The van der Waals surface area contributed by atoms with Crippen molar-refractivity contribution in [2.45, 2.75) is 44.9 Å². The van der Waals surface area contributed by atoms with Crippen LogP contribution in [0.15, 0.2) is 24.3 Å². The molecule has 0 radical (unpaired) electrons. The molecule has 1 aromatic carbocycles. The predicted molar refractivity (Wildman–Crippen MR) is 73.2 cm³/mol. The molecule has 1 amide bonds. The van der Waals surface area contributed by atoms with E-state index in [2.05, 4.69) is 5.32 Å².